The summed E-state index contributed by atoms with van der Waals surface area (Å²) in [4.78, 5) is 6.44. The van der Waals surface area contributed by atoms with Gasteiger partial charge in [-0.15, -0.1) is 0 Å². The standard InChI is InChI=1S/C10H13N3/c1-2-9-3-4-10(12-7-9)13-6-5-11-8-13/h3-7,11H,2,8H2,1H3. The van der Waals surface area contributed by atoms with Crippen LogP contribution in [0.5, 0.6) is 0 Å². The fraction of sp³-hybridized carbons (Fsp3) is 0.300. The van der Waals surface area contributed by atoms with Gasteiger partial charge >= 0.3 is 0 Å². The lowest BCUT2D eigenvalue weighted by molar-refractivity contribution is 0.885. The molecule has 13 heavy (non-hydrogen) atoms. The Morgan fingerprint density at radius 3 is 3.00 bits per heavy atom. The topological polar surface area (TPSA) is 28.2 Å². The number of aromatic nitrogens is 1. The molecular weight excluding hydrogens is 162 g/mol. The van der Waals surface area contributed by atoms with Crippen molar-refractivity contribution in [1.82, 2.24) is 10.3 Å². The summed E-state index contributed by atoms with van der Waals surface area (Å²) in [7, 11) is 0. The molecule has 68 valence electrons. The average molecular weight is 175 g/mol. The van der Waals surface area contributed by atoms with Crippen LogP contribution in [-0.2, 0) is 6.42 Å². The van der Waals surface area contributed by atoms with E-state index in [0.717, 1.165) is 18.9 Å². The van der Waals surface area contributed by atoms with Crippen molar-refractivity contribution in [3.63, 3.8) is 0 Å². The Kier molecular flexibility index (Phi) is 2.17. The van der Waals surface area contributed by atoms with Crippen molar-refractivity contribution in [2.75, 3.05) is 11.6 Å². The van der Waals surface area contributed by atoms with E-state index in [1.54, 1.807) is 0 Å². The van der Waals surface area contributed by atoms with E-state index in [2.05, 4.69) is 34.3 Å². The van der Waals surface area contributed by atoms with Gasteiger partial charge in [0.05, 0.1) is 6.67 Å². The van der Waals surface area contributed by atoms with Crippen LogP contribution in [0, 0.1) is 0 Å². The van der Waals surface area contributed by atoms with Crippen LogP contribution in [0.25, 0.3) is 0 Å². The van der Waals surface area contributed by atoms with Crippen molar-refractivity contribution < 1.29 is 0 Å². The second-order valence-corrected chi connectivity index (χ2v) is 3.03. The van der Waals surface area contributed by atoms with E-state index in [-0.39, 0.29) is 0 Å². The second kappa shape index (κ2) is 3.47. The fourth-order valence-electron chi connectivity index (χ4n) is 1.30. The zero-order chi connectivity index (χ0) is 9.10. The molecule has 0 atom stereocenters. The highest BCUT2D eigenvalue weighted by Gasteiger charge is 2.06. The predicted molar refractivity (Wildman–Crippen MR) is 53.2 cm³/mol. The monoisotopic (exact) mass is 175 g/mol. The number of anilines is 1. The molecule has 0 radical (unpaired) electrons. The van der Waals surface area contributed by atoms with Gasteiger partial charge in [0.2, 0.25) is 0 Å². The summed E-state index contributed by atoms with van der Waals surface area (Å²) < 4.78 is 0. The molecule has 0 aromatic carbocycles. The molecule has 0 saturated carbocycles. The van der Waals surface area contributed by atoms with Crippen LogP contribution in [0.15, 0.2) is 30.7 Å². The summed E-state index contributed by atoms with van der Waals surface area (Å²) in [6, 6.07) is 4.17. The first-order chi connectivity index (χ1) is 6.40. The zero-order valence-corrected chi connectivity index (χ0v) is 7.70. The van der Waals surface area contributed by atoms with Gasteiger partial charge in [-0.2, -0.15) is 0 Å². The van der Waals surface area contributed by atoms with Gasteiger partial charge in [-0.1, -0.05) is 13.0 Å². The third-order valence-electron chi connectivity index (χ3n) is 2.15. The van der Waals surface area contributed by atoms with Crippen LogP contribution in [0.2, 0.25) is 0 Å². The lowest BCUT2D eigenvalue weighted by atomic mass is 10.2. The van der Waals surface area contributed by atoms with Crippen LogP contribution in [-0.4, -0.2) is 11.7 Å². The molecule has 0 bridgehead atoms. The van der Waals surface area contributed by atoms with E-state index in [0.29, 0.717) is 0 Å². The van der Waals surface area contributed by atoms with Crippen LogP contribution < -0.4 is 10.2 Å². The van der Waals surface area contributed by atoms with Gasteiger partial charge < -0.3 is 10.2 Å². The smallest absolute Gasteiger partial charge is 0.133 e. The van der Waals surface area contributed by atoms with E-state index >= 15 is 0 Å². The first-order valence-electron chi connectivity index (χ1n) is 4.52. The largest absolute Gasteiger partial charge is 0.372 e. The van der Waals surface area contributed by atoms with Gasteiger partial charge in [0, 0.05) is 18.6 Å². The summed E-state index contributed by atoms with van der Waals surface area (Å²) in [6.07, 6.45) is 6.90. The third kappa shape index (κ3) is 1.64. The highest BCUT2D eigenvalue weighted by Crippen LogP contribution is 2.12. The van der Waals surface area contributed by atoms with Crippen LogP contribution in [0.4, 0.5) is 5.82 Å². The van der Waals surface area contributed by atoms with Gasteiger partial charge in [-0.3, -0.25) is 0 Å². The molecule has 1 N–H and O–H groups in total. The zero-order valence-electron chi connectivity index (χ0n) is 7.70. The molecule has 0 fully saturated rings. The van der Waals surface area contributed by atoms with E-state index in [1.807, 2.05) is 18.6 Å². The predicted octanol–water partition coefficient (Wildman–Crippen LogP) is 1.48. The molecular formula is C10H13N3. The molecule has 3 heteroatoms. The maximum Gasteiger partial charge on any atom is 0.133 e. The highest BCUT2D eigenvalue weighted by atomic mass is 15.3. The summed E-state index contributed by atoms with van der Waals surface area (Å²) in [5, 5.41) is 3.10. The summed E-state index contributed by atoms with van der Waals surface area (Å²) >= 11 is 0. The highest BCUT2D eigenvalue weighted by molar-refractivity contribution is 5.43. The third-order valence-corrected chi connectivity index (χ3v) is 2.15. The van der Waals surface area contributed by atoms with Gasteiger partial charge in [0.25, 0.3) is 0 Å². The Labute approximate surface area is 78.1 Å². The summed E-state index contributed by atoms with van der Waals surface area (Å²) in [5.41, 5.74) is 1.28. The molecule has 0 saturated heterocycles. The van der Waals surface area contributed by atoms with Crippen molar-refractivity contribution in [2.45, 2.75) is 13.3 Å². The maximum atomic E-state index is 4.37. The maximum absolute atomic E-state index is 4.37. The Morgan fingerprint density at radius 1 is 1.54 bits per heavy atom. The Hall–Kier alpha value is -1.51. The fourth-order valence-corrected chi connectivity index (χ4v) is 1.30. The van der Waals surface area contributed by atoms with Crippen molar-refractivity contribution in [1.29, 1.82) is 0 Å². The van der Waals surface area contributed by atoms with Crippen molar-refractivity contribution in [3.8, 4) is 0 Å². The Bertz CT molecular complexity index is 302. The summed E-state index contributed by atoms with van der Waals surface area (Å²) in [6.45, 7) is 2.95. The lowest BCUT2D eigenvalue weighted by Gasteiger charge is -2.13. The minimum absolute atomic E-state index is 0.818. The van der Waals surface area contributed by atoms with E-state index < -0.39 is 0 Å². The molecule has 1 aromatic rings. The number of hydrogen-bond acceptors (Lipinski definition) is 3. The van der Waals surface area contributed by atoms with Gasteiger partial charge in [-0.25, -0.2) is 4.98 Å². The van der Waals surface area contributed by atoms with Crippen molar-refractivity contribution in [3.05, 3.63) is 36.3 Å². The Morgan fingerprint density at radius 2 is 2.46 bits per heavy atom. The van der Waals surface area contributed by atoms with Crippen LogP contribution in [0.3, 0.4) is 0 Å². The second-order valence-electron chi connectivity index (χ2n) is 3.03. The normalized spacial score (nSPS) is 14.7. The average Bonchev–Trinajstić information content (AvgIpc) is 2.71. The molecule has 2 heterocycles. The minimum atomic E-state index is 0.818. The number of rotatable bonds is 2. The molecule has 1 aliphatic heterocycles. The van der Waals surface area contributed by atoms with Crippen LogP contribution in [0.1, 0.15) is 12.5 Å². The van der Waals surface area contributed by atoms with Crippen LogP contribution >= 0.6 is 0 Å². The Balaban J connectivity index is 2.17. The van der Waals surface area contributed by atoms with Crippen molar-refractivity contribution >= 4 is 5.82 Å². The number of hydrogen-bond donors (Lipinski definition) is 1. The molecule has 2 rings (SSSR count). The van der Waals surface area contributed by atoms with Gasteiger partial charge in [-0.05, 0) is 18.1 Å². The minimum Gasteiger partial charge on any atom is -0.372 e. The molecule has 3 nitrogen and oxygen atoms in total. The molecule has 0 amide bonds. The SMILES string of the molecule is CCc1ccc(N2C=CNC2)nc1. The van der Waals surface area contributed by atoms with Gasteiger partial charge in [0.15, 0.2) is 0 Å². The number of pyridine rings is 1. The van der Waals surface area contributed by atoms with Crippen molar-refractivity contribution in [2.24, 2.45) is 0 Å². The molecule has 0 spiro atoms. The quantitative estimate of drug-likeness (QED) is 0.738. The van der Waals surface area contributed by atoms with E-state index in [1.165, 1.54) is 5.56 Å². The first kappa shape index (κ1) is 8.10. The molecule has 0 aliphatic carbocycles. The molecule has 0 unspecified atom stereocenters. The number of nitrogens with zero attached hydrogens (tertiary/aromatic N) is 2. The van der Waals surface area contributed by atoms with E-state index in [4.69, 9.17) is 0 Å². The van der Waals surface area contributed by atoms with Gasteiger partial charge in [0.1, 0.15) is 5.82 Å². The number of aryl methyl sites for hydroxylation is 1. The summed E-state index contributed by atoms with van der Waals surface area (Å²) in [5.74, 6) is 0.999. The molecule has 1 aromatic heterocycles. The lowest BCUT2D eigenvalue weighted by Crippen LogP contribution is -2.20. The van der Waals surface area contributed by atoms with E-state index in [9.17, 15) is 0 Å². The first-order valence-corrected chi connectivity index (χ1v) is 4.52. The number of nitrogens with one attached hydrogen (secondary N) is 1. The molecule has 1 aliphatic rings.